The molecule has 1 heterocycles. The molecule has 1 unspecified atom stereocenters. The van der Waals surface area contributed by atoms with Crippen LogP contribution in [0.5, 0.6) is 0 Å². The van der Waals surface area contributed by atoms with E-state index in [2.05, 4.69) is 10.5 Å². The molecule has 2 aromatic rings. The fourth-order valence-electron chi connectivity index (χ4n) is 2.27. The van der Waals surface area contributed by atoms with Crippen molar-refractivity contribution >= 4 is 23.2 Å². The average Bonchev–Trinajstić information content (AvgIpc) is 2.64. The van der Waals surface area contributed by atoms with Crippen LogP contribution in [0.2, 0.25) is 10.0 Å². The number of benzene rings is 1. The van der Waals surface area contributed by atoms with E-state index in [9.17, 15) is 0 Å². The molecular formula is C14H18Cl2N4. The SMILES string of the molecule is Cc1nn(C)c(CC(Cc2cccc(Cl)c2)NN)c1Cl. The van der Waals surface area contributed by atoms with E-state index < -0.39 is 0 Å². The third-order valence-corrected chi connectivity index (χ3v) is 4.03. The minimum absolute atomic E-state index is 0.0702. The van der Waals surface area contributed by atoms with E-state index in [1.807, 2.05) is 38.2 Å². The molecule has 6 heteroatoms. The van der Waals surface area contributed by atoms with Crippen molar-refractivity contribution in [3.63, 3.8) is 0 Å². The zero-order chi connectivity index (χ0) is 14.7. The second kappa shape index (κ2) is 6.59. The third-order valence-electron chi connectivity index (χ3n) is 3.31. The lowest BCUT2D eigenvalue weighted by Gasteiger charge is -2.16. The van der Waals surface area contributed by atoms with Gasteiger partial charge >= 0.3 is 0 Å². The summed E-state index contributed by atoms with van der Waals surface area (Å²) in [4.78, 5) is 0. The molecule has 3 N–H and O–H groups in total. The van der Waals surface area contributed by atoms with E-state index in [0.29, 0.717) is 11.4 Å². The molecule has 1 atom stereocenters. The summed E-state index contributed by atoms with van der Waals surface area (Å²) in [7, 11) is 1.89. The highest BCUT2D eigenvalue weighted by Crippen LogP contribution is 2.22. The van der Waals surface area contributed by atoms with Gasteiger partial charge in [-0.1, -0.05) is 35.3 Å². The molecule has 0 radical (unpaired) electrons. The summed E-state index contributed by atoms with van der Waals surface area (Å²) in [5.41, 5.74) is 5.79. The van der Waals surface area contributed by atoms with Crippen molar-refractivity contribution in [2.24, 2.45) is 12.9 Å². The summed E-state index contributed by atoms with van der Waals surface area (Å²) in [6.45, 7) is 1.90. The van der Waals surface area contributed by atoms with Gasteiger partial charge in [0.2, 0.25) is 0 Å². The van der Waals surface area contributed by atoms with Crippen molar-refractivity contribution in [1.29, 1.82) is 0 Å². The van der Waals surface area contributed by atoms with Crippen LogP contribution in [0.4, 0.5) is 0 Å². The van der Waals surface area contributed by atoms with E-state index in [-0.39, 0.29) is 6.04 Å². The molecule has 0 aliphatic carbocycles. The van der Waals surface area contributed by atoms with E-state index in [1.165, 1.54) is 0 Å². The lowest BCUT2D eigenvalue weighted by Crippen LogP contribution is -2.39. The Morgan fingerprint density at radius 2 is 2.10 bits per heavy atom. The number of nitrogens with two attached hydrogens (primary N) is 1. The van der Waals surface area contributed by atoms with Crippen molar-refractivity contribution < 1.29 is 0 Å². The Morgan fingerprint density at radius 1 is 1.35 bits per heavy atom. The van der Waals surface area contributed by atoms with Crippen LogP contribution < -0.4 is 11.3 Å². The quantitative estimate of drug-likeness (QED) is 0.659. The normalized spacial score (nSPS) is 12.7. The zero-order valence-electron chi connectivity index (χ0n) is 11.5. The maximum absolute atomic E-state index is 6.27. The van der Waals surface area contributed by atoms with Crippen molar-refractivity contribution in [2.45, 2.75) is 25.8 Å². The first-order valence-corrected chi connectivity index (χ1v) is 7.15. The minimum atomic E-state index is 0.0702. The molecule has 4 nitrogen and oxygen atoms in total. The molecule has 0 aliphatic rings. The van der Waals surface area contributed by atoms with Gasteiger partial charge in [-0.2, -0.15) is 5.10 Å². The van der Waals surface area contributed by atoms with Gasteiger partial charge in [0.05, 0.1) is 16.4 Å². The van der Waals surface area contributed by atoms with E-state index in [4.69, 9.17) is 29.0 Å². The number of aromatic nitrogens is 2. The number of nitrogens with zero attached hydrogens (tertiary/aromatic N) is 2. The topological polar surface area (TPSA) is 55.9 Å². The molecule has 108 valence electrons. The van der Waals surface area contributed by atoms with Gasteiger partial charge in [0.1, 0.15) is 0 Å². The Bertz CT molecular complexity index is 595. The number of nitrogens with one attached hydrogen (secondary N) is 1. The van der Waals surface area contributed by atoms with Crippen LogP contribution in [0.3, 0.4) is 0 Å². The predicted octanol–water partition coefficient (Wildman–Crippen LogP) is 2.65. The highest BCUT2D eigenvalue weighted by Gasteiger charge is 2.16. The first-order valence-electron chi connectivity index (χ1n) is 6.39. The van der Waals surface area contributed by atoms with Gasteiger partial charge in [-0.25, -0.2) is 0 Å². The third kappa shape index (κ3) is 3.52. The van der Waals surface area contributed by atoms with Gasteiger partial charge < -0.3 is 0 Å². The maximum atomic E-state index is 6.27. The number of hydrogen-bond donors (Lipinski definition) is 2. The van der Waals surface area contributed by atoms with Gasteiger partial charge in [0.25, 0.3) is 0 Å². The second-order valence-electron chi connectivity index (χ2n) is 4.87. The second-order valence-corrected chi connectivity index (χ2v) is 5.69. The molecule has 0 spiro atoms. The van der Waals surface area contributed by atoms with Gasteiger partial charge in [-0.05, 0) is 31.0 Å². The van der Waals surface area contributed by atoms with Gasteiger partial charge in [-0.15, -0.1) is 0 Å². The van der Waals surface area contributed by atoms with E-state index in [0.717, 1.165) is 28.4 Å². The predicted molar refractivity (Wildman–Crippen MR) is 82.9 cm³/mol. The molecule has 0 amide bonds. The molecule has 20 heavy (non-hydrogen) atoms. The molecule has 2 rings (SSSR count). The molecular weight excluding hydrogens is 295 g/mol. The molecule has 0 saturated heterocycles. The Kier molecular flexibility index (Phi) is 5.05. The number of hydrazine groups is 1. The van der Waals surface area contributed by atoms with Crippen LogP contribution >= 0.6 is 23.2 Å². The van der Waals surface area contributed by atoms with Crippen molar-refractivity contribution in [3.8, 4) is 0 Å². The summed E-state index contributed by atoms with van der Waals surface area (Å²) in [5, 5.41) is 5.75. The largest absolute Gasteiger partial charge is 0.271 e. The zero-order valence-corrected chi connectivity index (χ0v) is 13.0. The Hall–Kier alpha value is -1.07. The van der Waals surface area contributed by atoms with Crippen LogP contribution in [0.25, 0.3) is 0 Å². The van der Waals surface area contributed by atoms with E-state index in [1.54, 1.807) is 4.68 Å². The first kappa shape index (κ1) is 15.3. The number of halogens is 2. The van der Waals surface area contributed by atoms with Crippen molar-refractivity contribution in [2.75, 3.05) is 0 Å². The Morgan fingerprint density at radius 3 is 2.65 bits per heavy atom. The number of rotatable bonds is 5. The summed E-state index contributed by atoms with van der Waals surface area (Å²) in [5.74, 6) is 5.66. The first-order chi connectivity index (χ1) is 9.51. The summed E-state index contributed by atoms with van der Waals surface area (Å²) < 4.78 is 1.81. The highest BCUT2D eigenvalue weighted by atomic mass is 35.5. The lowest BCUT2D eigenvalue weighted by atomic mass is 10.0. The molecule has 0 fully saturated rings. The van der Waals surface area contributed by atoms with Gasteiger partial charge in [0.15, 0.2) is 0 Å². The molecule has 1 aromatic carbocycles. The Labute approximate surface area is 128 Å². The fraction of sp³-hybridized carbons (Fsp3) is 0.357. The monoisotopic (exact) mass is 312 g/mol. The van der Waals surface area contributed by atoms with Crippen LogP contribution in [0, 0.1) is 6.92 Å². The van der Waals surface area contributed by atoms with Crippen LogP contribution in [-0.2, 0) is 19.9 Å². The molecule has 0 aliphatic heterocycles. The standard InChI is InChI=1S/C14H18Cl2N4/c1-9-14(16)13(20(2)19-9)8-12(18-17)7-10-4-3-5-11(15)6-10/h3-6,12,18H,7-8,17H2,1-2H3. The molecule has 1 aromatic heterocycles. The smallest absolute Gasteiger partial charge is 0.0847 e. The average molecular weight is 313 g/mol. The van der Waals surface area contributed by atoms with Crippen LogP contribution in [0.1, 0.15) is 17.0 Å². The highest BCUT2D eigenvalue weighted by molar-refractivity contribution is 6.31. The minimum Gasteiger partial charge on any atom is -0.271 e. The van der Waals surface area contributed by atoms with Crippen LogP contribution in [0.15, 0.2) is 24.3 Å². The van der Waals surface area contributed by atoms with Crippen LogP contribution in [-0.4, -0.2) is 15.8 Å². The van der Waals surface area contributed by atoms with Crippen molar-refractivity contribution in [3.05, 3.63) is 51.3 Å². The van der Waals surface area contributed by atoms with Crippen molar-refractivity contribution in [1.82, 2.24) is 15.2 Å². The Balaban J connectivity index is 2.13. The molecule has 0 saturated carbocycles. The van der Waals surface area contributed by atoms with Gasteiger partial charge in [0, 0.05) is 24.5 Å². The van der Waals surface area contributed by atoms with Gasteiger partial charge in [-0.3, -0.25) is 16.0 Å². The summed E-state index contributed by atoms with van der Waals surface area (Å²) in [6.07, 6.45) is 1.48. The summed E-state index contributed by atoms with van der Waals surface area (Å²) in [6, 6.07) is 7.85. The molecule has 0 bridgehead atoms. The lowest BCUT2D eigenvalue weighted by molar-refractivity contribution is 0.505. The number of aryl methyl sites for hydroxylation is 2. The fourth-order valence-corrected chi connectivity index (χ4v) is 2.72. The maximum Gasteiger partial charge on any atom is 0.0847 e. The van der Waals surface area contributed by atoms with E-state index >= 15 is 0 Å². The summed E-state index contributed by atoms with van der Waals surface area (Å²) >= 11 is 12.3. The number of hydrogen-bond acceptors (Lipinski definition) is 3.